The molecule has 8 heteroatoms. The second-order valence-corrected chi connectivity index (χ2v) is 5.75. The Morgan fingerprint density at radius 2 is 2.26 bits per heavy atom. The minimum atomic E-state index is -0.335. The number of likely N-dealkylation sites (N-methyl/N-ethyl adjacent to an activating group) is 1. The molecule has 124 valence electrons. The van der Waals surface area contributed by atoms with Crippen LogP contribution in [0.4, 0.5) is 0 Å². The molecular formula is C15H21N5O3. The summed E-state index contributed by atoms with van der Waals surface area (Å²) in [6, 6.07) is 0.0304. The normalized spacial score (nSPS) is 22.2. The Balaban J connectivity index is 1.69. The molecule has 8 nitrogen and oxygen atoms in total. The van der Waals surface area contributed by atoms with Gasteiger partial charge in [0.25, 0.3) is 5.89 Å². The van der Waals surface area contributed by atoms with Gasteiger partial charge in [0.2, 0.25) is 0 Å². The number of hydrogen-bond acceptors (Lipinski definition) is 6. The minimum absolute atomic E-state index is 0.0304. The minimum Gasteiger partial charge on any atom is -0.438 e. The summed E-state index contributed by atoms with van der Waals surface area (Å²) >= 11 is 0. The third kappa shape index (κ3) is 3.27. The number of carbonyl (C=O) groups excluding carboxylic acids is 1. The molecule has 0 spiro atoms. The van der Waals surface area contributed by atoms with E-state index in [2.05, 4.69) is 20.2 Å². The van der Waals surface area contributed by atoms with Crippen LogP contribution < -0.4 is 5.32 Å². The number of amides is 1. The number of aryl methyl sites for hydroxylation is 2. The second-order valence-electron chi connectivity index (χ2n) is 5.75. The number of aromatic nitrogens is 3. The van der Waals surface area contributed by atoms with Crippen LogP contribution in [-0.2, 0) is 11.8 Å². The SMILES string of the molecule is Cc1cnc(C(=O)NC[C@@H]2OCCN(C)[C@H]2c2cncn2C)o1. The van der Waals surface area contributed by atoms with Crippen LogP contribution in [0, 0.1) is 6.92 Å². The molecule has 1 saturated heterocycles. The molecule has 0 radical (unpaired) electrons. The van der Waals surface area contributed by atoms with Gasteiger partial charge in [-0.3, -0.25) is 9.69 Å². The van der Waals surface area contributed by atoms with Crippen LogP contribution in [0.2, 0.25) is 0 Å². The predicted octanol–water partition coefficient (Wildman–Crippen LogP) is 0.518. The van der Waals surface area contributed by atoms with E-state index in [0.29, 0.717) is 18.9 Å². The highest BCUT2D eigenvalue weighted by molar-refractivity contribution is 5.89. The fourth-order valence-electron chi connectivity index (χ4n) is 2.83. The lowest BCUT2D eigenvalue weighted by Crippen LogP contribution is -2.48. The summed E-state index contributed by atoms with van der Waals surface area (Å²) in [6.07, 6.45) is 4.97. The number of rotatable bonds is 4. The van der Waals surface area contributed by atoms with E-state index in [1.807, 2.05) is 24.9 Å². The van der Waals surface area contributed by atoms with Crippen LogP contribution in [0.5, 0.6) is 0 Å². The lowest BCUT2D eigenvalue weighted by atomic mass is 10.0. The second kappa shape index (κ2) is 6.51. The van der Waals surface area contributed by atoms with Crippen LogP contribution in [-0.4, -0.2) is 58.2 Å². The number of ether oxygens (including phenoxy) is 1. The third-order valence-electron chi connectivity index (χ3n) is 4.04. The van der Waals surface area contributed by atoms with E-state index in [1.54, 1.807) is 13.3 Å². The van der Waals surface area contributed by atoms with Gasteiger partial charge in [-0.25, -0.2) is 9.97 Å². The van der Waals surface area contributed by atoms with Gasteiger partial charge in [0.15, 0.2) is 0 Å². The Morgan fingerprint density at radius 1 is 1.43 bits per heavy atom. The molecule has 0 aliphatic carbocycles. The summed E-state index contributed by atoms with van der Waals surface area (Å²) in [5.74, 6) is 0.346. The van der Waals surface area contributed by atoms with Crippen LogP contribution >= 0.6 is 0 Å². The average Bonchev–Trinajstić information content (AvgIpc) is 3.13. The predicted molar refractivity (Wildman–Crippen MR) is 81.9 cm³/mol. The van der Waals surface area contributed by atoms with Crippen molar-refractivity contribution in [1.82, 2.24) is 24.8 Å². The van der Waals surface area contributed by atoms with Crippen molar-refractivity contribution in [2.24, 2.45) is 7.05 Å². The molecule has 1 fully saturated rings. The molecule has 0 saturated carbocycles. The fraction of sp³-hybridized carbons (Fsp3) is 0.533. The van der Waals surface area contributed by atoms with Crippen LogP contribution in [0.25, 0.3) is 0 Å². The molecule has 3 rings (SSSR count). The molecular weight excluding hydrogens is 298 g/mol. The highest BCUT2D eigenvalue weighted by Gasteiger charge is 2.33. The van der Waals surface area contributed by atoms with Gasteiger partial charge in [0.1, 0.15) is 5.76 Å². The Morgan fingerprint density at radius 3 is 2.91 bits per heavy atom. The summed E-state index contributed by atoms with van der Waals surface area (Å²) < 4.78 is 13.1. The van der Waals surface area contributed by atoms with E-state index in [0.717, 1.165) is 12.2 Å². The topological polar surface area (TPSA) is 85.4 Å². The molecule has 1 aliphatic rings. The van der Waals surface area contributed by atoms with E-state index >= 15 is 0 Å². The molecule has 2 atom stereocenters. The number of nitrogens with one attached hydrogen (secondary N) is 1. The molecule has 0 bridgehead atoms. The summed E-state index contributed by atoms with van der Waals surface area (Å²) in [5, 5.41) is 2.84. The van der Waals surface area contributed by atoms with Crippen molar-refractivity contribution < 1.29 is 13.9 Å². The standard InChI is InChI=1S/C15H21N5O3/c1-10-6-18-15(23-10)14(21)17-8-12-13(19(2)4-5-22-12)11-7-16-9-20(11)3/h6-7,9,12-13H,4-5,8H2,1-3H3,(H,17,21)/t12-,13-/m0/s1. The van der Waals surface area contributed by atoms with Crippen LogP contribution in [0.1, 0.15) is 28.2 Å². The molecule has 1 aliphatic heterocycles. The first-order chi connectivity index (χ1) is 11.1. The Kier molecular flexibility index (Phi) is 4.44. The zero-order chi connectivity index (χ0) is 16.4. The molecule has 1 amide bonds. The lowest BCUT2D eigenvalue weighted by Gasteiger charge is -2.39. The number of imidazole rings is 1. The average molecular weight is 319 g/mol. The molecule has 2 aromatic rings. The smallest absolute Gasteiger partial charge is 0.307 e. The van der Waals surface area contributed by atoms with Crippen molar-refractivity contribution in [3.05, 3.63) is 36.1 Å². The zero-order valence-electron chi connectivity index (χ0n) is 13.5. The van der Waals surface area contributed by atoms with Crippen molar-refractivity contribution in [2.45, 2.75) is 19.1 Å². The zero-order valence-corrected chi connectivity index (χ0v) is 13.5. The van der Waals surface area contributed by atoms with Gasteiger partial charge in [0.05, 0.1) is 37.0 Å². The van der Waals surface area contributed by atoms with Crippen LogP contribution in [0.3, 0.4) is 0 Å². The van der Waals surface area contributed by atoms with Crippen LogP contribution in [0.15, 0.2) is 23.1 Å². The van der Waals surface area contributed by atoms with Gasteiger partial charge >= 0.3 is 5.91 Å². The maximum absolute atomic E-state index is 12.1. The van der Waals surface area contributed by atoms with Crippen molar-refractivity contribution in [3.8, 4) is 0 Å². The van der Waals surface area contributed by atoms with Gasteiger partial charge < -0.3 is 19.0 Å². The molecule has 2 aromatic heterocycles. The van der Waals surface area contributed by atoms with E-state index in [4.69, 9.17) is 9.15 Å². The van der Waals surface area contributed by atoms with E-state index in [-0.39, 0.29) is 23.9 Å². The molecule has 0 aromatic carbocycles. The third-order valence-corrected chi connectivity index (χ3v) is 4.04. The van der Waals surface area contributed by atoms with Gasteiger partial charge in [-0.15, -0.1) is 0 Å². The summed E-state index contributed by atoms with van der Waals surface area (Å²) in [4.78, 5) is 22.4. The van der Waals surface area contributed by atoms with Gasteiger partial charge in [0, 0.05) is 26.3 Å². The molecule has 1 N–H and O–H groups in total. The highest BCUT2D eigenvalue weighted by atomic mass is 16.5. The van der Waals surface area contributed by atoms with Crippen molar-refractivity contribution in [2.75, 3.05) is 26.7 Å². The number of morpholine rings is 1. The largest absolute Gasteiger partial charge is 0.438 e. The summed E-state index contributed by atoms with van der Waals surface area (Å²) in [5.41, 5.74) is 1.05. The van der Waals surface area contributed by atoms with Gasteiger partial charge in [-0.1, -0.05) is 0 Å². The first-order valence-electron chi connectivity index (χ1n) is 7.55. The van der Waals surface area contributed by atoms with E-state index in [9.17, 15) is 4.79 Å². The molecule has 3 heterocycles. The first kappa shape index (κ1) is 15.7. The van der Waals surface area contributed by atoms with E-state index in [1.165, 1.54) is 6.20 Å². The molecule has 0 unspecified atom stereocenters. The number of oxazole rings is 1. The number of carbonyl (C=O) groups is 1. The Labute approximate surface area is 134 Å². The highest BCUT2D eigenvalue weighted by Crippen LogP contribution is 2.27. The summed E-state index contributed by atoms with van der Waals surface area (Å²) in [6.45, 7) is 3.59. The van der Waals surface area contributed by atoms with Gasteiger partial charge in [-0.2, -0.15) is 0 Å². The number of nitrogens with zero attached hydrogens (tertiary/aromatic N) is 4. The maximum atomic E-state index is 12.1. The van der Waals surface area contributed by atoms with E-state index < -0.39 is 0 Å². The maximum Gasteiger partial charge on any atom is 0.307 e. The quantitative estimate of drug-likeness (QED) is 0.884. The van der Waals surface area contributed by atoms with Crippen molar-refractivity contribution in [1.29, 1.82) is 0 Å². The monoisotopic (exact) mass is 319 g/mol. The Bertz CT molecular complexity index is 680. The lowest BCUT2D eigenvalue weighted by molar-refractivity contribution is -0.0627. The van der Waals surface area contributed by atoms with Crippen molar-refractivity contribution in [3.63, 3.8) is 0 Å². The fourth-order valence-corrected chi connectivity index (χ4v) is 2.83. The molecule has 23 heavy (non-hydrogen) atoms. The Hall–Kier alpha value is -2.19. The number of hydrogen-bond donors (Lipinski definition) is 1. The van der Waals surface area contributed by atoms with Crippen molar-refractivity contribution >= 4 is 5.91 Å². The summed E-state index contributed by atoms with van der Waals surface area (Å²) in [7, 11) is 4.00. The van der Waals surface area contributed by atoms with Gasteiger partial charge in [-0.05, 0) is 14.0 Å². The first-order valence-corrected chi connectivity index (χ1v) is 7.55.